The van der Waals surface area contributed by atoms with Crippen LogP contribution in [0.1, 0.15) is 18.9 Å². The highest BCUT2D eigenvalue weighted by atomic mass is 16.5. The van der Waals surface area contributed by atoms with Gasteiger partial charge in [-0.1, -0.05) is 36.4 Å². The zero-order chi connectivity index (χ0) is 17.9. The quantitative estimate of drug-likeness (QED) is 0.673. The van der Waals surface area contributed by atoms with Gasteiger partial charge in [0.05, 0.1) is 6.61 Å². The number of benzene rings is 2. The maximum absolute atomic E-state index is 12.4. The molecule has 2 N–H and O–H groups in total. The van der Waals surface area contributed by atoms with Crippen LogP contribution < -0.4 is 10.6 Å². The first-order valence-corrected chi connectivity index (χ1v) is 8.67. The number of nitrogens with one attached hydrogen (secondary N) is 2. The highest BCUT2D eigenvalue weighted by molar-refractivity contribution is 5.89. The summed E-state index contributed by atoms with van der Waals surface area (Å²) in [5.74, 6) is 0. The van der Waals surface area contributed by atoms with E-state index < -0.39 is 0 Å². The Hall–Kier alpha value is -2.53. The molecule has 0 aliphatic carbocycles. The van der Waals surface area contributed by atoms with Crippen LogP contribution in [-0.4, -0.2) is 37.7 Å². The molecule has 0 aliphatic rings. The predicted octanol–water partition coefficient (Wildman–Crippen LogP) is 4.19. The molecule has 0 unspecified atom stereocenters. The maximum Gasteiger partial charge on any atom is 0.321 e. The molecule has 0 aliphatic heterocycles. The number of rotatable bonds is 9. The Bertz CT molecular complexity index is 646. The number of hydrogen-bond acceptors (Lipinski definition) is 3. The van der Waals surface area contributed by atoms with Crippen molar-refractivity contribution in [1.82, 2.24) is 4.90 Å². The first kappa shape index (κ1) is 18.8. The summed E-state index contributed by atoms with van der Waals surface area (Å²) in [5, 5.41) is 6.31. The summed E-state index contributed by atoms with van der Waals surface area (Å²) in [7, 11) is 1.81. The molecule has 0 atom stereocenters. The molecule has 0 heterocycles. The van der Waals surface area contributed by atoms with E-state index in [0.717, 1.165) is 29.9 Å². The molecule has 134 valence electrons. The Balaban J connectivity index is 1.76. The minimum absolute atomic E-state index is 0.108. The lowest BCUT2D eigenvalue weighted by Gasteiger charge is -2.19. The highest BCUT2D eigenvalue weighted by Crippen LogP contribution is 2.16. The molecule has 0 saturated carbocycles. The van der Waals surface area contributed by atoms with E-state index in [9.17, 15) is 4.79 Å². The van der Waals surface area contributed by atoms with Crippen LogP contribution in [0.25, 0.3) is 0 Å². The van der Waals surface area contributed by atoms with Crippen LogP contribution in [0.3, 0.4) is 0 Å². The minimum Gasteiger partial charge on any atom is -0.385 e. The standard InChI is InChI=1S/C20H27N3O2/c1-3-25-16-17-10-7-8-13-19(17)22-20(24)23(2)15-9-14-21-18-11-5-4-6-12-18/h4-8,10-13,21H,3,9,14-16H2,1-2H3,(H,22,24). The number of amides is 2. The zero-order valence-electron chi connectivity index (χ0n) is 15.0. The first-order chi connectivity index (χ1) is 12.2. The molecule has 0 bridgehead atoms. The third kappa shape index (κ3) is 6.47. The van der Waals surface area contributed by atoms with E-state index in [1.807, 2.05) is 68.6 Å². The van der Waals surface area contributed by atoms with Crippen LogP contribution >= 0.6 is 0 Å². The molecule has 0 spiro atoms. The smallest absolute Gasteiger partial charge is 0.321 e. The van der Waals surface area contributed by atoms with Gasteiger partial charge in [0.1, 0.15) is 0 Å². The summed E-state index contributed by atoms with van der Waals surface area (Å²) in [4.78, 5) is 14.1. The molecule has 2 aromatic carbocycles. The van der Waals surface area contributed by atoms with Crippen molar-refractivity contribution >= 4 is 17.4 Å². The molecule has 2 amide bonds. The number of anilines is 2. The fourth-order valence-corrected chi connectivity index (χ4v) is 2.40. The normalized spacial score (nSPS) is 10.3. The Kier molecular flexibility index (Phi) is 7.79. The van der Waals surface area contributed by atoms with E-state index in [2.05, 4.69) is 10.6 Å². The first-order valence-electron chi connectivity index (χ1n) is 8.67. The number of hydrogen-bond donors (Lipinski definition) is 2. The topological polar surface area (TPSA) is 53.6 Å². The van der Waals surface area contributed by atoms with Crippen molar-refractivity contribution in [3.05, 3.63) is 60.2 Å². The third-order valence-electron chi connectivity index (χ3n) is 3.84. The number of carbonyl (C=O) groups is 1. The van der Waals surface area contributed by atoms with Crippen molar-refractivity contribution in [2.75, 3.05) is 37.4 Å². The third-order valence-corrected chi connectivity index (χ3v) is 3.84. The van der Waals surface area contributed by atoms with Gasteiger partial charge in [-0.05, 0) is 31.5 Å². The predicted molar refractivity (Wildman–Crippen MR) is 103 cm³/mol. The lowest BCUT2D eigenvalue weighted by Crippen LogP contribution is -2.33. The summed E-state index contributed by atoms with van der Waals surface area (Å²) in [5.41, 5.74) is 2.88. The number of ether oxygens (including phenoxy) is 1. The van der Waals surface area contributed by atoms with E-state index >= 15 is 0 Å². The van der Waals surface area contributed by atoms with E-state index in [-0.39, 0.29) is 6.03 Å². The van der Waals surface area contributed by atoms with Crippen molar-refractivity contribution in [1.29, 1.82) is 0 Å². The fourth-order valence-electron chi connectivity index (χ4n) is 2.40. The summed E-state index contributed by atoms with van der Waals surface area (Å²) in [6.07, 6.45) is 0.874. The lowest BCUT2D eigenvalue weighted by atomic mass is 10.2. The Morgan fingerprint density at radius 1 is 1.08 bits per heavy atom. The molecule has 0 aromatic heterocycles. The Morgan fingerprint density at radius 2 is 1.80 bits per heavy atom. The van der Waals surface area contributed by atoms with Gasteiger partial charge < -0.3 is 20.3 Å². The summed E-state index contributed by atoms with van der Waals surface area (Å²) >= 11 is 0. The summed E-state index contributed by atoms with van der Waals surface area (Å²) in [6, 6.07) is 17.7. The minimum atomic E-state index is -0.108. The second-order valence-corrected chi connectivity index (χ2v) is 5.79. The zero-order valence-corrected chi connectivity index (χ0v) is 15.0. The molecular formula is C20H27N3O2. The Morgan fingerprint density at radius 3 is 2.56 bits per heavy atom. The van der Waals surface area contributed by atoms with E-state index in [1.165, 1.54) is 0 Å². The number of urea groups is 1. The van der Waals surface area contributed by atoms with Crippen LogP contribution in [0.15, 0.2) is 54.6 Å². The molecule has 5 heteroatoms. The molecular weight excluding hydrogens is 314 g/mol. The molecule has 0 fully saturated rings. The van der Waals surface area contributed by atoms with Gasteiger partial charge in [-0.3, -0.25) is 0 Å². The van der Waals surface area contributed by atoms with Gasteiger partial charge in [-0.15, -0.1) is 0 Å². The van der Waals surface area contributed by atoms with Crippen LogP contribution in [0.5, 0.6) is 0 Å². The average molecular weight is 341 g/mol. The van der Waals surface area contributed by atoms with Crippen LogP contribution in [0.4, 0.5) is 16.2 Å². The molecule has 2 aromatic rings. The van der Waals surface area contributed by atoms with Gasteiger partial charge >= 0.3 is 6.03 Å². The maximum atomic E-state index is 12.4. The molecule has 0 radical (unpaired) electrons. The Labute approximate surface area is 150 Å². The summed E-state index contributed by atoms with van der Waals surface area (Å²) in [6.45, 7) is 4.61. The summed E-state index contributed by atoms with van der Waals surface area (Å²) < 4.78 is 5.45. The van der Waals surface area contributed by atoms with E-state index in [1.54, 1.807) is 4.90 Å². The monoisotopic (exact) mass is 341 g/mol. The molecule has 25 heavy (non-hydrogen) atoms. The van der Waals surface area contributed by atoms with Crippen LogP contribution in [-0.2, 0) is 11.3 Å². The van der Waals surface area contributed by atoms with Crippen molar-refractivity contribution in [2.45, 2.75) is 20.0 Å². The van der Waals surface area contributed by atoms with Gasteiger partial charge in [0.2, 0.25) is 0 Å². The SMILES string of the molecule is CCOCc1ccccc1NC(=O)N(C)CCCNc1ccccc1. The lowest BCUT2D eigenvalue weighted by molar-refractivity contribution is 0.134. The van der Waals surface area contributed by atoms with Gasteiger partial charge in [0, 0.05) is 43.7 Å². The van der Waals surface area contributed by atoms with Crippen LogP contribution in [0, 0.1) is 0 Å². The van der Waals surface area contributed by atoms with E-state index in [0.29, 0.717) is 19.8 Å². The van der Waals surface area contributed by atoms with Crippen LogP contribution in [0.2, 0.25) is 0 Å². The average Bonchev–Trinajstić information content (AvgIpc) is 2.65. The van der Waals surface area contributed by atoms with Crippen molar-refractivity contribution < 1.29 is 9.53 Å². The molecule has 2 rings (SSSR count). The molecule has 0 saturated heterocycles. The van der Waals surface area contributed by atoms with Crippen molar-refractivity contribution in [2.24, 2.45) is 0 Å². The van der Waals surface area contributed by atoms with Gasteiger partial charge in [-0.25, -0.2) is 4.79 Å². The fraction of sp³-hybridized carbons (Fsp3) is 0.350. The second kappa shape index (κ2) is 10.4. The number of nitrogens with zero attached hydrogens (tertiary/aromatic N) is 1. The highest BCUT2D eigenvalue weighted by Gasteiger charge is 2.10. The number of para-hydroxylation sites is 2. The van der Waals surface area contributed by atoms with E-state index in [4.69, 9.17) is 4.74 Å². The van der Waals surface area contributed by atoms with Gasteiger partial charge in [-0.2, -0.15) is 0 Å². The second-order valence-electron chi connectivity index (χ2n) is 5.79. The van der Waals surface area contributed by atoms with Gasteiger partial charge in [0.15, 0.2) is 0 Å². The largest absolute Gasteiger partial charge is 0.385 e. The number of carbonyl (C=O) groups excluding carboxylic acids is 1. The van der Waals surface area contributed by atoms with Crippen molar-refractivity contribution in [3.8, 4) is 0 Å². The van der Waals surface area contributed by atoms with Gasteiger partial charge in [0.25, 0.3) is 0 Å². The van der Waals surface area contributed by atoms with Crippen molar-refractivity contribution in [3.63, 3.8) is 0 Å². The molecule has 5 nitrogen and oxygen atoms in total.